The fourth-order valence-electron chi connectivity index (χ4n) is 1.85. The van der Waals surface area contributed by atoms with Gasteiger partial charge in [0.15, 0.2) is 0 Å². The number of aliphatic imine (C=N–C) groups is 1. The van der Waals surface area contributed by atoms with Gasteiger partial charge in [0.1, 0.15) is 0 Å². The van der Waals surface area contributed by atoms with Gasteiger partial charge in [-0.1, -0.05) is 0 Å². The van der Waals surface area contributed by atoms with E-state index in [4.69, 9.17) is 4.99 Å². The summed E-state index contributed by atoms with van der Waals surface area (Å²) >= 11 is 1.96. The fraction of sp³-hybridized carbons (Fsp3) is 0. The number of rotatable bonds is 4. The van der Waals surface area contributed by atoms with Crippen molar-refractivity contribution < 1.29 is 0 Å². The second-order valence-electron chi connectivity index (χ2n) is 4.54. The van der Waals surface area contributed by atoms with Gasteiger partial charge in [-0.3, -0.25) is 0 Å². The van der Waals surface area contributed by atoms with Gasteiger partial charge in [0.05, 0.1) is 0 Å². The maximum absolute atomic E-state index is 4.86. The summed E-state index contributed by atoms with van der Waals surface area (Å²) in [6.45, 7) is 0. The quantitative estimate of drug-likeness (QED) is 0.286. The van der Waals surface area contributed by atoms with Crippen molar-refractivity contribution in [3.63, 3.8) is 0 Å². The summed E-state index contributed by atoms with van der Waals surface area (Å²) in [5.74, 6) is 0. The molecule has 3 aromatic rings. The van der Waals surface area contributed by atoms with Crippen molar-refractivity contribution in [2.24, 2.45) is 4.99 Å². The molecule has 3 aromatic carbocycles. The second kappa shape index (κ2) is 8.00. The number of nitrogens with zero attached hydrogens (tertiary/aromatic N) is 1. The first-order valence-electron chi connectivity index (χ1n) is 7.00. The Balaban J connectivity index is 1.86. The third kappa shape index (κ3) is 4.60. The Hall–Kier alpha value is -1.80. The van der Waals surface area contributed by atoms with Crippen LogP contribution in [0.1, 0.15) is 0 Å². The van der Waals surface area contributed by atoms with Crippen LogP contribution in [0.5, 0.6) is 0 Å². The van der Waals surface area contributed by atoms with Crippen LogP contribution in [0.3, 0.4) is 0 Å². The van der Waals surface area contributed by atoms with E-state index in [1.54, 1.807) is 11.8 Å². The van der Waals surface area contributed by atoms with Crippen molar-refractivity contribution >= 4 is 40.8 Å². The Morgan fingerprint density at radius 1 is 0.682 bits per heavy atom. The summed E-state index contributed by atoms with van der Waals surface area (Å²) in [6.07, 6.45) is 0. The van der Waals surface area contributed by atoms with E-state index in [1.165, 1.54) is 9.36 Å². The first-order chi connectivity index (χ1) is 10.9. The monoisotopic (exact) mass is 369 g/mol. The van der Waals surface area contributed by atoms with Crippen LogP contribution >= 0.6 is 11.8 Å². The first-order valence-corrected chi connectivity index (χ1v) is 9.53. The Morgan fingerprint density at radius 2 is 1.23 bits per heavy atom. The second-order valence-corrected chi connectivity index (χ2v) is 8.42. The van der Waals surface area contributed by atoms with Gasteiger partial charge in [-0.05, 0) is 0 Å². The molecule has 0 heterocycles. The van der Waals surface area contributed by atoms with Gasteiger partial charge < -0.3 is 0 Å². The molecule has 3 rings (SSSR count). The minimum absolute atomic E-state index is 0.206. The summed E-state index contributed by atoms with van der Waals surface area (Å²) in [7, 11) is 0. The molecule has 0 aromatic heterocycles. The van der Waals surface area contributed by atoms with E-state index >= 15 is 0 Å². The Labute approximate surface area is 141 Å². The molecule has 0 fully saturated rings. The van der Waals surface area contributed by atoms with Gasteiger partial charge in [-0.15, -0.1) is 0 Å². The topological polar surface area (TPSA) is 12.4 Å². The van der Waals surface area contributed by atoms with Crippen LogP contribution in [0.4, 0.5) is 5.69 Å². The molecule has 0 N–H and O–H groups in total. The van der Waals surface area contributed by atoms with Gasteiger partial charge in [0, 0.05) is 0 Å². The van der Waals surface area contributed by atoms with E-state index in [1.807, 2.05) is 36.4 Å². The van der Waals surface area contributed by atoms with Crippen LogP contribution in [0, 0.1) is 0 Å². The van der Waals surface area contributed by atoms with Crippen LogP contribution in [0.15, 0.2) is 101 Å². The van der Waals surface area contributed by atoms with E-state index in [-0.39, 0.29) is 15.0 Å². The van der Waals surface area contributed by atoms with Crippen LogP contribution in [-0.4, -0.2) is 18.9 Å². The molecule has 0 unspecified atom stereocenters. The zero-order chi connectivity index (χ0) is 15.0. The van der Waals surface area contributed by atoms with E-state index in [0.29, 0.717) is 0 Å². The predicted molar refractivity (Wildman–Crippen MR) is 97.7 cm³/mol. The first kappa shape index (κ1) is 15.1. The molecule has 0 bridgehead atoms. The van der Waals surface area contributed by atoms with E-state index in [0.717, 1.165) is 9.63 Å². The van der Waals surface area contributed by atoms with E-state index < -0.39 is 0 Å². The molecule has 0 amide bonds. The molecule has 0 saturated carbocycles. The molecule has 0 radical (unpaired) electrons. The summed E-state index contributed by atoms with van der Waals surface area (Å²) < 4.78 is 2.50. The van der Waals surface area contributed by atoms with Crippen molar-refractivity contribution in [3.05, 3.63) is 91.0 Å². The third-order valence-electron chi connectivity index (χ3n) is 2.87. The normalized spacial score (nSPS) is 11.4. The predicted octanol–water partition coefficient (Wildman–Crippen LogP) is 4.50. The molecule has 108 valence electrons. The molecule has 0 spiro atoms. The molecular formula is C19H15NSSe. The molecule has 0 aliphatic heterocycles. The zero-order valence-corrected chi connectivity index (χ0v) is 14.5. The number of hydrogen-bond acceptors (Lipinski definition) is 2. The standard InChI is InChI=1S/C19H15NSSe/c1-4-10-16(11-5-1)20-19(21-17-12-6-2-7-13-17)22-18-14-8-3-9-15-18/h1-15H. The van der Waals surface area contributed by atoms with Crippen molar-refractivity contribution in [1.82, 2.24) is 0 Å². The molecule has 22 heavy (non-hydrogen) atoms. The van der Waals surface area contributed by atoms with Gasteiger partial charge >= 0.3 is 142 Å². The van der Waals surface area contributed by atoms with Crippen LogP contribution < -0.4 is 4.46 Å². The van der Waals surface area contributed by atoms with E-state index in [2.05, 4.69) is 54.6 Å². The summed E-state index contributed by atoms with van der Waals surface area (Å²) in [5, 5.41) is 0. The van der Waals surface area contributed by atoms with E-state index in [9.17, 15) is 0 Å². The average Bonchev–Trinajstić information content (AvgIpc) is 2.57. The number of benzene rings is 3. The van der Waals surface area contributed by atoms with Gasteiger partial charge in [-0.2, -0.15) is 0 Å². The molecule has 0 atom stereocenters. The van der Waals surface area contributed by atoms with Gasteiger partial charge in [0.2, 0.25) is 0 Å². The number of hydrogen-bond donors (Lipinski definition) is 0. The summed E-state index contributed by atoms with van der Waals surface area (Å²) in [6, 6.07) is 31.2. The Kier molecular flexibility index (Phi) is 5.49. The zero-order valence-electron chi connectivity index (χ0n) is 11.9. The minimum atomic E-state index is 0.206. The van der Waals surface area contributed by atoms with Crippen molar-refractivity contribution in [2.75, 3.05) is 0 Å². The summed E-state index contributed by atoms with van der Waals surface area (Å²) in [5.41, 5.74) is 1.01. The maximum atomic E-state index is 4.86. The molecule has 3 heteroatoms. The molecular weight excluding hydrogens is 353 g/mol. The number of thioether (sulfide) groups is 1. The number of para-hydroxylation sites is 1. The average molecular weight is 368 g/mol. The molecule has 0 aliphatic rings. The van der Waals surface area contributed by atoms with Crippen LogP contribution in [-0.2, 0) is 0 Å². The third-order valence-corrected chi connectivity index (χ3v) is 6.23. The van der Waals surface area contributed by atoms with Gasteiger partial charge in [-0.25, -0.2) is 0 Å². The van der Waals surface area contributed by atoms with Crippen molar-refractivity contribution in [3.8, 4) is 0 Å². The summed E-state index contributed by atoms with van der Waals surface area (Å²) in [4.78, 5) is 6.09. The fourth-order valence-corrected chi connectivity index (χ4v) is 5.26. The SMILES string of the molecule is c1ccc(N=C(Sc2ccccc2)[Se]c2ccccc2)cc1. The Morgan fingerprint density at radius 3 is 1.86 bits per heavy atom. The van der Waals surface area contributed by atoms with Crippen LogP contribution in [0.2, 0.25) is 0 Å². The van der Waals surface area contributed by atoms with Crippen molar-refractivity contribution in [1.29, 1.82) is 0 Å². The molecule has 1 nitrogen and oxygen atoms in total. The van der Waals surface area contributed by atoms with Crippen LogP contribution in [0.25, 0.3) is 0 Å². The van der Waals surface area contributed by atoms with Gasteiger partial charge in [0.25, 0.3) is 0 Å². The van der Waals surface area contributed by atoms with Crippen molar-refractivity contribution in [2.45, 2.75) is 4.90 Å². The Bertz CT molecular complexity index is 684. The molecule has 0 aliphatic carbocycles. The molecule has 0 saturated heterocycles.